The Hall–Kier alpha value is -3.32. The maximum Gasteiger partial charge on any atom is 0.408 e. The monoisotopic (exact) mass is 451 g/mol. The number of fused-ring (bicyclic) bond motifs is 1. The number of hydrogen-bond donors (Lipinski definition) is 3. The van der Waals surface area contributed by atoms with Crippen LogP contribution in [0.5, 0.6) is 0 Å². The Bertz CT molecular complexity index is 1060. The smallest absolute Gasteiger partial charge is 0.408 e. The molecule has 1 aromatic heterocycles. The highest BCUT2D eigenvalue weighted by atomic mass is 16.6. The van der Waals surface area contributed by atoms with Gasteiger partial charge >= 0.3 is 6.09 Å². The molecule has 2 amide bonds. The third kappa shape index (κ3) is 7.36. The van der Waals surface area contributed by atoms with Crippen LogP contribution >= 0.6 is 0 Å². The van der Waals surface area contributed by atoms with Crippen LogP contribution in [0.15, 0.2) is 60.8 Å². The second-order valence-electron chi connectivity index (χ2n) is 9.03. The van der Waals surface area contributed by atoms with Gasteiger partial charge in [0.15, 0.2) is 0 Å². The Morgan fingerprint density at radius 1 is 1.03 bits per heavy atom. The van der Waals surface area contributed by atoms with Crippen LogP contribution in [0.2, 0.25) is 0 Å². The van der Waals surface area contributed by atoms with Gasteiger partial charge in [0.2, 0.25) is 5.91 Å². The van der Waals surface area contributed by atoms with Gasteiger partial charge in [-0.2, -0.15) is 0 Å². The molecule has 0 radical (unpaired) electrons. The molecule has 0 aliphatic rings. The van der Waals surface area contributed by atoms with E-state index in [1.165, 1.54) is 0 Å². The summed E-state index contributed by atoms with van der Waals surface area (Å²) in [4.78, 5) is 28.6. The Balaban J connectivity index is 1.61. The Morgan fingerprint density at radius 3 is 2.45 bits per heavy atom. The number of benzene rings is 2. The van der Waals surface area contributed by atoms with Crippen molar-refractivity contribution in [2.24, 2.45) is 0 Å². The van der Waals surface area contributed by atoms with Gasteiger partial charge in [0.05, 0.1) is 12.7 Å². The first-order chi connectivity index (χ1) is 15.7. The van der Waals surface area contributed by atoms with Crippen LogP contribution in [0.4, 0.5) is 4.79 Å². The summed E-state index contributed by atoms with van der Waals surface area (Å²) in [6.45, 7) is 7.86. The highest BCUT2D eigenvalue weighted by Gasteiger charge is 2.29. The van der Waals surface area contributed by atoms with E-state index in [2.05, 4.69) is 21.7 Å². The molecule has 3 N–H and O–H groups in total. The fraction of sp³-hybridized carbons (Fsp3) is 0.385. The molecular weight excluding hydrogens is 418 g/mol. The fourth-order valence-electron chi connectivity index (χ4n) is 3.50. The molecule has 7 nitrogen and oxygen atoms in total. The lowest BCUT2D eigenvalue weighted by Crippen LogP contribution is -2.54. The van der Waals surface area contributed by atoms with E-state index in [0.29, 0.717) is 19.6 Å². The molecule has 33 heavy (non-hydrogen) atoms. The molecule has 7 heteroatoms. The van der Waals surface area contributed by atoms with Crippen LogP contribution in [0.3, 0.4) is 0 Å². The first kappa shape index (κ1) is 24.3. The van der Waals surface area contributed by atoms with Crippen molar-refractivity contribution in [3.8, 4) is 0 Å². The summed E-state index contributed by atoms with van der Waals surface area (Å²) in [5.74, 6) is -0.318. The maximum atomic E-state index is 13.0. The van der Waals surface area contributed by atoms with Crippen LogP contribution in [-0.4, -0.2) is 41.3 Å². The maximum absolute atomic E-state index is 13.0. The SMILES string of the molecule is C[C@@H](OCc1ccccc1)[C@@H](NC(=O)OC(C)(C)C)C(=O)NCCc1c[nH]c2ccccc12. The summed E-state index contributed by atoms with van der Waals surface area (Å²) in [5, 5.41) is 6.74. The number of ether oxygens (including phenoxy) is 2. The fourth-order valence-corrected chi connectivity index (χ4v) is 3.50. The first-order valence-electron chi connectivity index (χ1n) is 11.2. The van der Waals surface area contributed by atoms with Crippen molar-refractivity contribution in [2.45, 2.75) is 58.5 Å². The van der Waals surface area contributed by atoms with Gasteiger partial charge in [-0.05, 0) is 51.3 Å². The summed E-state index contributed by atoms with van der Waals surface area (Å²) in [7, 11) is 0. The minimum atomic E-state index is -0.897. The van der Waals surface area contributed by atoms with Gasteiger partial charge in [-0.25, -0.2) is 4.79 Å². The molecular formula is C26H33N3O4. The van der Waals surface area contributed by atoms with E-state index in [9.17, 15) is 9.59 Å². The van der Waals surface area contributed by atoms with Crippen molar-refractivity contribution >= 4 is 22.9 Å². The zero-order valence-corrected chi connectivity index (χ0v) is 19.7. The lowest BCUT2D eigenvalue weighted by molar-refractivity contribution is -0.127. The lowest BCUT2D eigenvalue weighted by Gasteiger charge is -2.27. The second-order valence-corrected chi connectivity index (χ2v) is 9.03. The van der Waals surface area contributed by atoms with Crippen LogP contribution < -0.4 is 10.6 Å². The summed E-state index contributed by atoms with van der Waals surface area (Å²) < 4.78 is 11.3. The van der Waals surface area contributed by atoms with Crippen molar-refractivity contribution in [3.63, 3.8) is 0 Å². The quantitative estimate of drug-likeness (QED) is 0.452. The van der Waals surface area contributed by atoms with Gasteiger partial charge in [-0.1, -0.05) is 48.5 Å². The number of H-pyrrole nitrogens is 1. The summed E-state index contributed by atoms with van der Waals surface area (Å²) in [6, 6.07) is 16.8. The number of amides is 2. The van der Waals surface area contributed by atoms with Crippen molar-refractivity contribution in [3.05, 3.63) is 71.9 Å². The minimum Gasteiger partial charge on any atom is -0.444 e. The standard InChI is InChI=1S/C26H33N3O4/c1-18(32-17-19-10-6-5-7-11-19)23(29-25(31)33-26(2,3)4)24(30)27-15-14-20-16-28-22-13-9-8-12-21(20)22/h5-13,16,18,23,28H,14-15,17H2,1-4H3,(H,27,30)(H,29,31)/t18-,23-/m1/s1. The Labute approximate surface area is 194 Å². The number of para-hydroxylation sites is 1. The molecule has 0 aliphatic heterocycles. The average molecular weight is 452 g/mol. The number of rotatable bonds is 9. The predicted octanol–water partition coefficient (Wildman–Crippen LogP) is 4.33. The number of carbonyl (C=O) groups excluding carboxylic acids is 2. The molecule has 176 valence electrons. The second kappa shape index (κ2) is 11.0. The van der Waals surface area contributed by atoms with E-state index in [-0.39, 0.29) is 5.91 Å². The van der Waals surface area contributed by atoms with Gasteiger partial charge in [-0.3, -0.25) is 4.79 Å². The largest absolute Gasteiger partial charge is 0.444 e. The first-order valence-corrected chi connectivity index (χ1v) is 11.2. The summed E-state index contributed by atoms with van der Waals surface area (Å²) in [5.41, 5.74) is 2.50. The molecule has 0 saturated heterocycles. The van der Waals surface area contributed by atoms with Crippen molar-refractivity contribution in [2.75, 3.05) is 6.54 Å². The Kier molecular flexibility index (Phi) is 8.11. The van der Waals surface area contributed by atoms with Crippen molar-refractivity contribution in [1.82, 2.24) is 15.6 Å². The zero-order chi connectivity index (χ0) is 23.8. The normalized spacial score (nSPS) is 13.3. The summed E-state index contributed by atoms with van der Waals surface area (Å²) in [6.07, 6.45) is 1.40. The van der Waals surface area contributed by atoms with Gasteiger partial charge in [0.25, 0.3) is 0 Å². The van der Waals surface area contributed by atoms with Crippen LogP contribution in [0.25, 0.3) is 10.9 Å². The molecule has 0 aliphatic carbocycles. The van der Waals surface area contributed by atoms with Crippen LogP contribution in [0.1, 0.15) is 38.8 Å². The van der Waals surface area contributed by atoms with E-state index in [1.807, 2.05) is 54.7 Å². The number of carbonyl (C=O) groups is 2. The van der Waals surface area contributed by atoms with E-state index in [4.69, 9.17) is 9.47 Å². The summed E-state index contributed by atoms with van der Waals surface area (Å²) >= 11 is 0. The van der Waals surface area contributed by atoms with Crippen molar-refractivity contribution in [1.29, 1.82) is 0 Å². The third-order valence-corrected chi connectivity index (χ3v) is 5.15. The third-order valence-electron chi connectivity index (χ3n) is 5.15. The van der Waals surface area contributed by atoms with E-state index in [1.54, 1.807) is 27.7 Å². The average Bonchev–Trinajstić information content (AvgIpc) is 3.18. The molecule has 2 atom stereocenters. The lowest BCUT2D eigenvalue weighted by atomic mass is 10.1. The molecule has 3 aromatic rings. The van der Waals surface area contributed by atoms with Gasteiger partial charge in [0, 0.05) is 23.6 Å². The number of aromatic nitrogens is 1. The highest BCUT2D eigenvalue weighted by molar-refractivity contribution is 5.86. The number of alkyl carbamates (subject to hydrolysis) is 1. The minimum absolute atomic E-state index is 0.318. The van der Waals surface area contributed by atoms with E-state index < -0.39 is 23.8 Å². The molecule has 0 bridgehead atoms. The van der Waals surface area contributed by atoms with Gasteiger partial charge in [0.1, 0.15) is 11.6 Å². The number of nitrogens with one attached hydrogen (secondary N) is 3. The highest BCUT2D eigenvalue weighted by Crippen LogP contribution is 2.17. The predicted molar refractivity (Wildman–Crippen MR) is 129 cm³/mol. The van der Waals surface area contributed by atoms with Crippen LogP contribution in [0, 0.1) is 0 Å². The molecule has 3 rings (SSSR count). The van der Waals surface area contributed by atoms with E-state index in [0.717, 1.165) is 22.0 Å². The topological polar surface area (TPSA) is 92.4 Å². The molecule has 1 heterocycles. The molecule has 0 fully saturated rings. The van der Waals surface area contributed by atoms with Gasteiger partial charge in [-0.15, -0.1) is 0 Å². The van der Waals surface area contributed by atoms with Crippen molar-refractivity contribution < 1.29 is 19.1 Å². The molecule has 0 saturated carbocycles. The molecule has 2 aromatic carbocycles. The molecule has 0 spiro atoms. The number of aromatic amines is 1. The van der Waals surface area contributed by atoms with E-state index >= 15 is 0 Å². The van der Waals surface area contributed by atoms with Gasteiger partial charge < -0.3 is 25.1 Å². The van der Waals surface area contributed by atoms with Crippen LogP contribution in [-0.2, 0) is 27.3 Å². The zero-order valence-electron chi connectivity index (χ0n) is 19.7. The molecule has 0 unspecified atom stereocenters. The number of hydrogen-bond acceptors (Lipinski definition) is 4. The Morgan fingerprint density at radius 2 is 1.73 bits per heavy atom.